The Hall–Kier alpha value is -1.23. The van der Waals surface area contributed by atoms with Gasteiger partial charge in [0.15, 0.2) is 5.16 Å². The maximum absolute atomic E-state index is 12.3. The first-order valence-corrected chi connectivity index (χ1v) is 8.15. The van der Waals surface area contributed by atoms with Crippen LogP contribution in [0.25, 0.3) is 0 Å². The number of fused-ring (bicyclic) bond motifs is 1. The monoisotopic (exact) mass is 291 g/mol. The van der Waals surface area contributed by atoms with E-state index in [1.54, 1.807) is 6.20 Å². The average Bonchev–Trinajstić information content (AvgIpc) is 3.01. The lowest BCUT2D eigenvalue weighted by Gasteiger charge is -2.21. The number of rotatable bonds is 3. The first kappa shape index (κ1) is 13.7. The standard InChI is InChI=1S/C15H21N3OS/c1-11-3-4-12-8-18(9-13(12)7-11)14(19)10-20-15-16-5-6-17(15)2/h3,5-6,12-13H,4,7-10H2,1-2H3/t12-,13+/m1/s1. The highest BCUT2D eigenvalue weighted by molar-refractivity contribution is 7.99. The summed E-state index contributed by atoms with van der Waals surface area (Å²) < 4.78 is 1.95. The average molecular weight is 291 g/mol. The molecule has 1 aliphatic carbocycles. The van der Waals surface area contributed by atoms with E-state index in [0.717, 1.165) is 24.7 Å². The molecule has 0 radical (unpaired) electrons. The van der Waals surface area contributed by atoms with Gasteiger partial charge in [-0.05, 0) is 31.6 Å². The molecule has 2 heterocycles. The molecule has 1 aromatic heterocycles. The Balaban J connectivity index is 1.53. The lowest BCUT2D eigenvalue weighted by molar-refractivity contribution is -0.127. The Kier molecular flexibility index (Phi) is 3.87. The summed E-state index contributed by atoms with van der Waals surface area (Å²) in [5, 5.41) is 0.910. The fourth-order valence-electron chi connectivity index (χ4n) is 3.20. The molecular formula is C15H21N3OS. The zero-order valence-electron chi connectivity index (χ0n) is 12.1. The first-order chi connectivity index (χ1) is 9.63. The van der Waals surface area contributed by atoms with Crippen LogP contribution in [0.15, 0.2) is 29.2 Å². The second kappa shape index (κ2) is 5.64. The van der Waals surface area contributed by atoms with Crippen molar-refractivity contribution in [2.75, 3.05) is 18.8 Å². The van der Waals surface area contributed by atoms with Gasteiger partial charge in [0.25, 0.3) is 0 Å². The lowest BCUT2D eigenvalue weighted by Crippen LogP contribution is -2.30. The molecular weight excluding hydrogens is 270 g/mol. The van der Waals surface area contributed by atoms with Crippen molar-refractivity contribution < 1.29 is 4.79 Å². The Labute approximate surface area is 124 Å². The minimum Gasteiger partial charge on any atom is -0.341 e. The van der Waals surface area contributed by atoms with Gasteiger partial charge in [0.05, 0.1) is 5.75 Å². The molecule has 2 aliphatic rings. The van der Waals surface area contributed by atoms with Crippen molar-refractivity contribution in [3.05, 3.63) is 24.0 Å². The zero-order chi connectivity index (χ0) is 14.1. The molecule has 20 heavy (non-hydrogen) atoms. The van der Waals surface area contributed by atoms with Crippen LogP contribution in [0.3, 0.4) is 0 Å². The number of hydrogen-bond acceptors (Lipinski definition) is 3. The molecule has 1 amide bonds. The summed E-state index contributed by atoms with van der Waals surface area (Å²) in [6.45, 7) is 4.09. The van der Waals surface area contributed by atoms with Gasteiger partial charge in [-0.15, -0.1) is 0 Å². The van der Waals surface area contributed by atoms with Crippen LogP contribution in [0.2, 0.25) is 0 Å². The van der Waals surface area contributed by atoms with Crippen molar-refractivity contribution in [2.24, 2.45) is 18.9 Å². The van der Waals surface area contributed by atoms with Gasteiger partial charge in [-0.1, -0.05) is 23.4 Å². The van der Waals surface area contributed by atoms with E-state index in [1.165, 1.54) is 23.8 Å². The number of allylic oxidation sites excluding steroid dienone is 2. The second-order valence-electron chi connectivity index (χ2n) is 5.92. The van der Waals surface area contributed by atoms with Crippen LogP contribution < -0.4 is 0 Å². The van der Waals surface area contributed by atoms with Crippen LogP contribution >= 0.6 is 11.8 Å². The third kappa shape index (κ3) is 2.77. The normalized spacial score (nSPS) is 25.5. The van der Waals surface area contributed by atoms with Crippen LogP contribution in [0.1, 0.15) is 19.8 Å². The van der Waals surface area contributed by atoms with Crippen LogP contribution in [0, 0.1) is 11.8 Å². The van der Waals surface area contributed by atoms with Gasteiger partial charge in [-0.25, -0.2) is 4.98 Å². The first-order valence-electron chi connectivity index (χ1n) is 7.17. The molecule has 0 spiro atoms. The number of thioether (sulfide) groups is 1. The van der Waals surface area contributed by atoms with Gasteiger partial charge < -0.3 is 9.47 Å². The summed E-state index contributed by atoms with van der Waals surface area (Å²) in [5.74, 6) is 2.12. The Morgan fingerprint density at radius 1 is 1.45 bits per heavy atom. The highest BCUT2D eigenvalue weighted by atomic mass is 32.2. The van der Waals surface area contributed by atoms with E-state index in [0.29, 0.717) is 17.6 Å². The number of carbonyl (C=O) groups excluding carboxylic acids is 1. The number of aryl methyl sites for hydroxylation is 1. The molecule has 3 rings (SSSR count). The largest absolute Gasteiger partial charge is 0.341 e. The predicted molar refractivity (Wildman–Crippen MR) is 80.5 cm³/mol. The molecule has 108 valence electrons. The number of nitrogens with zero attached hydrogens (tertiary/aromatic N) is 3. The molecule has 0 bridgehead atoms. The van der Waals surface area contributed by atoms with Crippen LogP contribution in [0.4, 0.5) is 0 Å². The number of carbonyl (C=O) groups is 1. The number of amides is 1. The molecule has 4 nitrogen and oxygen atoms in total. The Morgan fingerprint density at radius 3 is 3.00 bits per heavy atom. The minimum atomic E-state index is 0.255. The molecule has 5 heteroatoms. The topological polar surface area (TPSA) is 38.1 Å². The van der Waals surface area contributed by atoms with E-state index in [1.807, 2.05) is 17.8 Å². The summed E-state index contributed by atoms with van der Waals surface area (Å²) in [5.41, 5.74) is 1.49. The maximum Gasteiger partial charge on any atom is 0.233 e. The summed E-state index contributed by atoms with van der Waals surface area (Å²) in [6.07, 6.45) is 8.34. The van der Waals surface area contributed by atoms with E-state index in [-0.39, 0.29) is 5.91 Å². The molecule has 1 fully saturated rings. The fraction of sp³-hybridized carbons (Fsp3) is 0.600. The second-order valence-corrected chi connectivity index (χ2v) is 6.86. The van der Waals surface area contributed by atoms with Gasteiger partial charge in [-0.3, -0.25) is 4.79 Å². The van der Waals surface area contributed by atoms with E-state index < -0.39 is 0 Å². The number of likely N-dealkylation sites (tertiary alicyclic amines) is 1. The molecule has 1 aliphatic heterocycles. The quantitative estimate of drug-likeness (QED) is 0.634. The number of aromatic nitrogens is 2. The van der Waals surface area contributed by atoms with Crippen molar-refractivity contribution in [2.45, 2.75) is 24.9 Å². The summed E-state index contributed by atoms with van der Waals surface area (Å²) in [7, 11) is 1.96. The third-order valence-corrected chi connectivity index (χ3v) is 5.43. The van der Waals surface area contributed by atoms with Crippen molar-refractivity contribution in [1.29, 1.82) is 0 Å². The summed E-state index contributed by atoms with van der Waals surface area (Å²) >= 11 is 1.53. The molecule has 1 saturated heterocycles. The highest BCUT2D eigenvalue weighted by Gasteiger charge is 2.36. The molecule has 0 saturated carbocycles. The van der Waals surface area contributed by atoms with Gasteiger partial charge >= 0.3 is 0 Å². The van der Waals surface area contributed by atoms with Crippen molar-refractivity contribution in [3.63, 3.8) is 0 Å². The Bertz CT molecular complexity index is 537. The third-order valence-electron chi connectivity index (χ3n) is 4.38. The van der Waals surface area contributed by atoms with Crippen molar-refractivity contribution in [3.8, 4) is 0 Å². The van der Waals surface area contributed by atoms with E-state index >= 15 is 0 Å². The number of hydrogen-bond donors (Lipinski definition) is 0. The molecule has 0 aromatic carbocycles. The summed E-state index contributed by atoms with van der Waals surface area (Å²) in [4.78, 5) is 18.6. The number of imidazole rings is 1. The molecule has 0 unspecified atom stereocenters. The fourth-order valence-corrected chi connectivity index (χ4v) is 4.03. The summed E-state index contributed by atoms with van der Waals surface area (Å²) in [6, 6.07) is 0. The van der Waals surface area contributed by atoms with Gasteiger partial charge in [0, 0.05) is 32.5 Å². The van der Waals surface area contributed by atoms with E-state index in [2.05, 4.69) is 22.9 Å². The lowest BCUT2D eigenvalue weighted by atomic mass is 9.83. The van der Waals surface area contributed by atoms with Crippen molar-refractivity contribution in [1.82, 2.24) is 14.5 Å². The highest BCUT2D eigenvalue weighted by Crippen LogP contribution is 2.35. The SMILES string of the molecule is CC1=CC[C@@H]2CN(C(=O)CSc3nccn3C)C[C@@H]2C1. The van der Waals surface area contributed by atoms with Gasteiger partial charge in [0.2, 0.25) is 5.91 Å². The van der Waals surface area contributed by atoms with E-state index in [4.69, 9.17) is 0 Å². The molecule has 2 atom stereocenters. The minimum absolute atomic E-state index is 0.255. The maximum atomic E-state index is 12.3. The molecule has 1 aromatic rings. The van der Waals surface area contributed by atoms with Crippen LogP contribution in [-0.4, -0.2) is 39.2 Å². The van der Waals surface area contributed by atoms with Gasteiger partial charge in [-0.2, -0.15) is 0 Å². The predicted octanol–water partition coefficient (Wildman–Crippen LogP) is 2.33. The van der Waals surface area contributed by atoms with E-state index in [9.17, 15) is 4.79 Å². The van der Waals surface area contributed by atoms with Crippen LogP contribution in [0.5, 0.6) is 0 Å². The van der Waals surface area contributed by atoms with Gasteiger partial charge in [0.1, 0.15) is 0 Å². The Morgan fingerprint density at radius 2 is 2.25 bits per heavy atom. The molecule has 0 N–H and O–H groups in total. The smallest absolute Gasteiger partial charge is 0.233 e. The van der Waals surface area contributed by atoms with Crippen molar-refractivity contribution >= 4 is 17.7 Å². The van der Waals surface area contributed by atoms with Crippen LogP contribution in [-0.2, 0) is 11.8 Å². The zero-order valence-corrected chi connectivity index (χ0v) is 12.9.